The summed E-state index contributed by atoms with van der Waals surface area (Å²) in [6.07, 6.45) is 6.90. The average Bonchev–Trinajstić information content (AvgIpc) is 2.89. The van der Waals surface area contributed by atoms with Gasteiger partial charge in [-0.25, -0.2) is 9.37 Å². The van der Waals surface area contributed by atoms with Crippen LogP contribution in [0.5, 0.6) is 5.75 Å². The third-order valence-corrected chi connectivity index (χ3v) is 7.24. The van der Waals surface area contributed by atoms with E-state index in [1.165, 1.54) is 17.2 Å². The van der Waals surface area contributed by atoms with E-state index in [0.29, 0.717) is 43.1 Å². The van der Waals surface area contributed by atoms with Crippen molar-refractivity contribution in [2.75, 3.05) is 0 Å². The van der Waals surface area contributed by atoms with Crippen LogP contribution in [0, 0.1) is 5.82 Å². The molecule has 0 spiro atoms. The first-order valence-electron chi connectivity index (χ1n) is 11.9. The van der Waals surface area contributed by atoms with E-state index in [2.05, 4.69) is 21.0 Å². The minimum Gasteiger partial charge on any atom is -0.487 e. The van der Waals surface area contributed by atoms with Gasteiger partial charge in [0.2, 0.25) is 0 Å². The molecule has 8 heteroatoms. The molecule has 0 radical (unpaired) electrons. The molecule has 1 fully saturated rings. The normalized spacial score (nSPS) is 14.5. The maximum atomic E-state index is 14.1. The SMILES string of the molecule is O=c1c2ccccc2nc(C2CCCCC2)n1N=Cc1cc(Cl)cc(Br)c1OCc1ccccc1F. The molecule has 184 valence electrons. The van der Waals surface area contributed by atoms with Crippen LogP contribution < -0.4 is 10.3 Å². The van der Waals surface area contributed by atoms with Crippen LogP contribution in [0.4, 0.5) is 4.39 Å². The highest BCUT2D eigenvalue weighted by atomic mass is 79.9. The van der Waals surface area contributed by atoms with E-state index >= 15 is 0 Å². The summed E-state index contributed by atoms with van der Waals surface area (Å²) >= 11 is 9.82. The third kappa shape index (κ3) is 5.22. The van der Waals surface area contributed by atoms with Crippen LogP contribution in [0.25, 0.3) is 10.9 Å². The monoisotopic (exact) mass is 567 g/mol. The number of rotatable bonds is 6. The molecule has 0 bridgehead atoms. The van der Waals surface area contributed by atoms with Crippen LogP contribution in [-0.2, 0) is 6.61 Å². The zero-order valence-electron chi connectivity index (χ0n) is 19.5. The maximum absolute atomic E-state index is 14.1. The fourth-order valence-corrected chi connectivity index (χ4v) is 5.54. The van der Waals surface area contributed by atoms with Gasteiger partial charge in [0.1, 0.15) is 24.0 Å². The summed E-state index contributed by atoms with van der Waals surface area (Å²) in [4.78, 5) is 18.3. The number of fused-ring (bicyclic) bond motifs is 1. The molecule has 0 N–H and O–H groups in total. The van der Waals surface area contributed by atoms with Crippen LogP contribution in [0.1, 0.15) is 55.0 Å². The van der Waals surface area contributed by atoms with E-state index < -0.39 is 0 Å². The van der Waals surface area contributed by atoms with Gasteiger partial charge in [0.15, 0.2) is 0 Å². The topological polar surface area (TPSA) is 56.5 Å². The van der Waals surface area contributed by atoms with Crippen molar-refractivity contribution in [2.24, 2.45) is 5.10 Å². The highest BCUT2D eigenvalue weighted by Gasteiger charge is 2.22. The van der Waals surface area contributed by atoms with Gasteiger partial charge in [-0.1, -0.05) is 61.2 Å². The smallest absolute Gasteiger partial charge is 0.282 e. The van der Waals surface area contributed by atoms with E-state index in [-0.39, 0.29) is 23.9 Å². The summed E-state index contributed by atoms with van der Waals surface area (Å²) in [6, 6.07) is 17.2. The van der Waals surface area contributed by atoms with Crippen molar-refractivity contribution < 1.29 is 9.13 Å². The van der Waals surface area contributed by atoms with Crippen LogP contribution in [0.3, 0.4) is 0 Å². The lowest BCUT2D eigenvalue weighted by molar-refractivity contribution is 0.297. The summed E-state index contributed by atoms with van der Waals surface area (Å²) in [5.74, 6) is 0.941. The Kier molecular flexibility index (Phi) is 7.48. The standard InChI is InChI=1S/C28H24BrClFN3O2/c29-23-15-21(30)14-20(26(23)36-17-19-10-4-6-12-24(19)31)16-32-34-27(18-8-2-1-3-9-18)33-25-13-7-5-11-22(25)28(34)35/h4-7,10-16,18H,1-3,8-9,17H2. The van der Waals surface area contributed by atoms with E-state index in [1.807, 2.05) is 18.2 Å². The molecule has 0 saturated heterocycles. The van der Waals surface area contributed by atoms with Crippen molar-refractivity contribution in [3.63, 3.8) is 0 Å². The second-order valence-electron chi connectivity index (χ2n) is 8.87. The Labute approximate surface area is 221 Å². The predicted molar refractivity (Wildman–Crippen MR) is 145 cm³/mol. The first-order chi connectivity index (χ1) is 17.5. The molecule has 1 aliphatic carbocycles. The summed E-state index contributed by atoms with van der Waals surface area (Å²) in [5.41, 5.74) is 1.44. The molecule has 1 aromatic heterocycles. The molecule has 0 atom stereocenters. The largest absolute Gasteiger partial charge is 0.487 e. The molecule has 0 aliphatic heterocycles. The Hall–Kier alpha value is -3.03. The summed E-state index contributed by atoms with van der Waals surface area (Å²) < 4.78 is 22.1. The fraction of sp³-hybridized carbons (Fsp3) is 0.250. The fourth-order valence-electron chi connectivity index (χ4n) is 4.59. The van der Waals surface area contributed by atoms with Gasteiger partial charge in [-0.3, -0.25) is 4.79 Å². The van der Waals surface area contributed by atoms with Crippen LogP contribution >= 0.6 is 27.5 Å². The van der Waals surface area contributed by atoms with Crippen molar-refractivity contribution in [3.05, 3.63) is 103 Å². The number of benzene rings is 3. The van der Waals surface area contributed by atoms with Crippen LogP contribution in [0.15, 0.2) is 75.0 Å². The Morgan fingerprint density at radius 2 is 1.86 bits per heavy atom. The van der Waals surface area contributed by atoms with E-state index in [1.54, 1.807) is 42.6 Å². The van der Waals surface area contributed by atoms with Crippen molar-refractivity contribution in [3.8, 4) is 5.75 Å². The molecule has 1 saturated carbocycles. The lowest BCUT2D eigenvalue weighted by Gasteiger charge is -2.22. The van der Waals surface area contributed by atoms with Crippen molar-refractivity contribution in [1.82, 2.24) is 9.66 Å². The number of aromatic nitrogens is 2. The van der Waals surface area contributed by atoms with Gasteiger partial charge in [-0.2, -0.15) is 9.78 Å². The lowest BCUT2D eigenvalue weighted by atomic mass is 9.88. The number of hydrogen-bond acceptors (Lipinski definition) is 4. The summed E-state index contributed by atoms with van der Waals surface area (Å²) in [6.45, 7) is 0.0263. The Morgan fingerprint density at radius 3 is 2.67 bits per heavy atom. The van der Waals surface area contributed by atoms with Gasteiger partial charge in [0.05, 0.1) is 21.6 Å². The van der Waals surface area contributed by atoms with Gasteiger partial charge >= 0.3 is 0 Å². The molecular formula is C28H24BrClFN3O2. The zero-order valence-corrected chi connectivity index (χ0v) is 21.8. The van der Waals surface area contributed by atoms with E-state index in [0.717, 1.165) is 25.7 Å². The number of nitrogens with zero attached hydrogens (tertiary/aromatic N) is 3. The van der Waals surface area contributed by atoms with E-state index in [9.17, 15) is 9.18 Å². The average molecular weight is 569 g/mol. The molecule has 3 aromatic carbocycles. The Morgan fingerprint density at radius 1 is 1.11 bits per heavy atom. The molecule has 1 aliphatic rings. The third-order valence-electron chi connectivity index (χ3n) is 6.43. The molecule has 0 amide bonds. The highest BCUT2D eigenvalue weighted by molar-refractivity contribution is 9.10. The number of ether oxygens (including phenoxy) is 1. The highest BCUT2D eigenvalue weighted by Crippen LogP contribution is 2.34. The minimum atomic E-state index is -0.344. The summed E-state index contributed by atoms with van der Waals surface area (Å²) in [7, 11) is 0. The van der Waals surface area contributed by atoms with Gasteiger partial charge in [0, 0.05) is 22.1 Å². The maximum Gasteiger partial charge on any atom is 0.282 e. The van der Waals surface area contributed by atoms with E-state index in [4.69, 9.17) is 21.3 Å². The molecule has 0 unspecified atom stereocenters. The first kappa shape index (κ1) is 24.7. The second kappa shape index (κ2) is 10.9. The molecule has 4 aromatic rings. The molecule has 1 heterocycles. The summed E-state index contributed by atoms with van der Waals surface area (Å²) in [5, 5.41) is 5.58. The second-order valence-corrected chi connectivity index (χ2v) is 10.2. The Bertz CT molecular complexity index is 1500. The zero-order chi connectivity index (χ0) is 25.1. The van der Waals surface area contributed by atoms with Gasteiger partial charge < -0.3 is 4.74 Å². The molecule has 36 heavy (non-hydrogen) atoms. The molecular weight excluding hydrogens is 545 g/mol. The van der Waals surface area contributed by atoms with Crippen LogP contribution in [-0.4, -0.2) is 15.9 Å². The first-order valence-corrected chi connectivity index (χ1v) is 13.1. The lowest BCUT2D eigenvalue weighted by Crippen LogP contribution is -2.25. The quantitative estimate of drug-likeness (QED) is 0.227. The van der Waals surface area contributed by atoms with Gasteiger partial charge in [-0.05, 0) is 59.1 Å². The molecule has 5 rings (SSSR count). The molecule has 5 nitrogen and oxygen atoms in total. The van der Waals surface area contributed by atoms with Crippen molar-refractivity contribution in [2.45, 2.75) is 44.6 Å². The minimum absolute atomic E-state index is 0.0263. The van der Waals surface area contributed by atoms with Gasteiger partial charge in [-0.15, -0.1) is 0 Å². The van der Waals surface area contributed by atoms with Gasteiger partial charge in [0.25, 0.3) is 5.56 Å². The van der Waals surface area contributed by atoms with Crippen molar-refractivity contribution >= 4 is 44.6 Å². The van der Waals surface area contributed by atoms with Crippen molar-refractivity contribution in [1.29, 1.82) is 0 Å². The Balaban J connectivity index is 1.56. The number of hydrogen-bond donors (Lipinski definition) is 0. The number of halogens is 3. The predicted octanol–water partition coefficient (Wildman–Crippen LogP) is 7.46. The number of para-hydroxylation sites is 1. The van der Waals surface area contributed by atoms with Crippen LogP contribution in [0.2, 0.25) is 5.02 Å².